The Bertz CT molecular complexity index is 679. The van der Waals surface area contributed by atoms with Crippen molar-refractivity contribution in [3.8, 4) is 5.75 Å². The molecule has 0 aliphatic rings. The number of hydrogen-bond donors (Lipinski definition) is 1. The molecule has 1 unspecified atom stereocenters. The maximum atomic E-state index is 12.2. The monoisotopic (exact) mass is 359 g/mol. The molecular formula is C21H29NO4. The molecule has 0 aliphatic heterocycles. The molecule has 1 aromatic heterocycles. The molecule has 0 aliphatic carbocycles. The summed E-state index contributed by atoms with van der Waals surface area (Å²) in [4.78, 5) is 12.2. The summed E-state index contributed by atoms with van der Waals surface area (Å²) in [5, 5.41) is 2.89. The zero-order valence-electron chi connectivity index (χ0n) is 16.1. The van der Waals surface area contributed by atoms with Crippen LogP contribution in [-0.2, 0) is 16.1 Å². The van der Waals surface area contributed by atoms with Gasteiger partial charge < -0.3 is 19.2 Å². The molecule has 1 amide bonds. The van der Waals surface area contributed by atoms with Gasteiger partial charge in [0.2, 0.25) is 0 Å². The van der Waals surface area contributed by atoms with Gasteiger partial charge in [-0.3, -0.25) is 4.79 Å². The van der Waals surface area contributed by atoms with E-state index in [4.69, 9.17) is 13.9 Å². The molecular weight excluding hydrogens is 330 g/mol. The van der Waals surface area contributed by atoms with Gasteiger partial charge in [-0.1, -0.05) is 26.0 Å². The Morgan fingerprint density at radius 1 is 1.23 bits per heavy atom. The molecule has 142 valence electrons. The fourth-order valence-electron chi connectivity index (χ4n) is 2.44. The molecule has 2 aromatic rings. The van der Waals surface area contributed by atoms with E-state index in [1.54, 1.807) is 13.2 Å². The number of aryl methyl sites for hydroxylation is 1. The second-order valence-corrected chi connectivity index (χ2v) is 6.72. The summed E-state index contributed by atoms with van der Waals surface area (Å²) >= 11 is 0. The van der Waals surface area contributed by atoms with E-state index < -0.39 is 6.10 Å². The van der Waals surface area contributed by atoms with Crippen molar-refractivity contribution in [2.75, 3.05) is 13.2 Å². The SMILES string of the molecule is Cc1ccc(C(C)C)cc1OC(C)C(=O)NCCCOCc1ccco1. The van der Waals surface area contributed by atoms with Crippen LogP contribution in [0.3, 0.4) is 0 Å². The lowest BCUT2D eigenvalue weighted by Gasteiger charge is -2.18. The Hall–Kier alpha value is -2.27. The van der Waals surface area contributed by atoms with Crippen LogP contribution in [0.25, 0.3) is 0 Å². The predicted octanol–water partition coefficient (Wildman–Crippen LogP) is 4.20. The summed E-state index contributed by atoms with van der Waals surface area (Å²) in [6.07, 6.45) is 1.82. The maximum absolute atomic E-state index is 12.2. The Balaban J connectivity index is 1.69. The summed E-state index contributed by atoms with van der Waals surface area (Å²) in [6, 6.07) is 9.86. The van der Waals surface area contributed by atoms with Crippen LogP contribution in [0.5, 0.6) is 5.75 Å². The third-order valence-electron chi connectivity index (χ3n) is 4.14. The van der Waals surface area contributed by atoms with Gasteiger partial charge in [0.15, 0.2) is 6.10 Å². The minimum absolute atomic E-state index is 0.120. The lowest BCUT2D eigenvalue weighted by molar-refractivity contribution is -0.127. The van der Waals surface area contributed by atoms with Crippen LogP contribution in [0.2, 0.25) is 0 Å². The average Bonchev–Trinajstić information content (AvgIpc) is 3.12. The molecule has 1 heterocycles. The van der Waals surface area contributed by atoms with E-state index in [1.807, 2.05) is 31.2 Å². The van der Waals surface area contributed by atoms with Gasteiger partial charge in [0.25, 0.3) is 5.91 Å². The number of carbonyl (C=O) groups excluding carboxylic acids is 1. The van der Waals surface area contributed by atoms with Crippen LogP contribution in [-0.4, -0.2) is 25.2 Å². The number of hydrogen-bond acceptors (Lipinski definition) is 4. The highest BCUT2D eigenvalue weighted by Gasteiger charge is 2.15. The van der Waals surface area contributed by atoms with Crippen molar-refractivity contribution in [3.05, 3.63) is 53.5 Å². The number of furan rings is 1. The van der Waals surface area contributed by atoms with Crippen LogP contribution < -0.4 is 10.1 Å². The zero-order valence-corrected chi connectivity index (χ0v) is 16.1. The third-order valence-corrected chi connectivity index (χ3v) is 4.14. The van der Waals surface area contributed by atoms with Crippen molar-refractivity contribution >= 4 is 5.91 Å². The third kappa shape index (κ3) is 6.23. The van der Waals surface area contributed by atoms with Gasteiger partial charge in [-0.25, -0.2) is 0 Å². The van der Waals surface area contributed by atoms with Crippen molar-refractivity contribution < 1.29 is 18.7 Å². The molecule has 5 nitrogen and oxygen atoms in total. The molecule has 1 N–H and O–H groups in total. The van der Waals surface area contributed by atoms with Crippen molar-refractivity contribution in [2.24, 2.45) is 0 Å². The molecule has 2 rings (SSSR count). The van der Waals surface area contributed by atoms with Gasteiger partial charge in [0, 0.05) is 13.2 Å². The number of ether oxygens (including phenoxy) is 2. The number of nitrogens with one attached hydrogen (secondary N) is 1. The molecule has 1 atom stereocenters. The fourth-order valence-corrected chi connectivity index (χ4v) is 2.44. The fraction of sp³-hybridized carbons (Fsp3) is 0.476. The summed E-state index contributed by atoms with van der Waals surface area (Å²) < 4.78 is 16.5. The normalized spacial score (nSPS) is 12.2. The van der Waals surface area contributed by atoms with Crippen LogP contribution in [0.4, 0.5) is 0 Å². The first-order valence-corrected chi connectivity index (χ1v) is 9.12. The van der Waals surface area contributed by atoms with E-state index in [1.165, 1.54) is 5.56 Å². The lowest BCUT2D eigenvalue weighted by Crippen LogP contribution is -2.37. The predicted molar refractivity (Wildman–Crippen MR) is 101 cm³/mol. The molecule has 0 bridgehead atoms. The Labute approximate surface area is 155 Å². The Morgan fingerprint density at radius 3 is 2.73 bits per heavy atom. The Morgan fingerprint density at radius 2 is 2.04 bits per heavy atom. The number of benzene rings is 1. The molecule has 0 saturated heterocycles. The van der Waals surface area contributed by atoms with Crippen molar-refractivity contribution in [3.63, 3.8) is 0 Å². The van der Waals surface area contributed by atoms with E-state index in [9.17, 15) is 4.79 Å². The second kappa shape index (κ2) is 10.0. The molecule has 0 saturated carbocycles. The van der Waals surface area contributed by atoms with E-state index in [0.717, 1.165) is 23.5 Å². The number of amides is 1. The molecule has 0 radical (unpaired) electrons. The minimum atomic E-state index is -0.542. The first-order chi connectivity index (χ1) is 12.5. The van der Waals surface area contributed by atoms with Gasteiger partial charge in [-0.2, -0.15) is 0 Å². The number of rotatable bonds is 10. The topological polar surface area (TPSA) is 60.7 Å². The highest BCUT2D eigenvalue weighted by atomic mass is 16.5. The summed E-state index contributed by atoms with van der Waals surface area (Å²) in [6.45, 7) is 9.59. The molecule has 0 fully saturated rings. The van der Waals surface area contributed by atoms with Gasteiger partial charge >= 0.3 is 0 Å². The maximum Gasteiger partial charge on any atom is 0.260 e. The molecule has 1 aromatic carbocycles. The zero-order chi connectivity index (χ0) is 18.9. The van der Waals surface area contributed by atoms with Gasteiger partial charge in [-0.15, -0.1) is 0 Å². The highest BCUT2D eigenvalue weighted by Crippen LogP contribution is 2.25. The van der Waals surface area contributed by atoms with Crippen LogP contribution in [0.15, 0.2) is 41.0 Å². The smallest absolute Gasteiger partial charge is 0.260 e. The summed E-state index contributed by atoms with van der Waals surface area (Å²) in [5.74, 6) is 1.87. The first kappa shape index (κ1) is 20.0. The largest absolute Gasteiger partial charge is 0.481 e. The van der Waals surface area contributed by atoms with Crippen LogP contribution in [0.1, 0.15) is 50.0 Å². The first-order valence-electron chi connectivity index (χ1n) is 9.12. The standard InChI is InChI=1S/C21H29NO4/c1-15(2)18-9-8-16(3)20(13-18)26-17(4)21(23)22-10-6-11-24-14-19-7-5-12-25-19/h5,7-9,12-13,15,17H,6,10-11,14H2,1-4H3,(H,22,23). The minimum Gasteiger partial charge on any atom is -0.481 e. The summed E-state index contributed by atoms with van der Waals surface area (Å²) in [7, 11) is 0. The van der Waals surface area contributed by atoms with Crippen LogP contribution in [0, 0.1) is 6.92 Å². The van der Waals surface area contributed by atoms with Gasteiger partial charge in [0.05, 0.1) is 6.26 Å². The van der Waals surface area contributed by atoms with E-state index >= 15 is 0 Å². The van der Waals surface area contributed by atoms with E-state index in [2.05, 4.69) is 25.2 Å². The Kier molecular flexibility index (Phi) is 7.73. The summed E-state index contributed by atoms with van der Waals surface area (Å²) in [5.41, 5.74) is 2.23. The molecule has 0 spiro atoms. The van der Waals surface area contributed by atoms with Gasteiger partial charge in [0.1, 0.15) is 18.1 Å². The van der Waals surface area contributed by atoms with Crippen molar-refractivity contribution in [2.45, 2.75) is 52.7 Å². The second-order valence-electron chi connectivity index (χ2n) is 6.72. The molecule has 26 heavy (non-hydrogen) atoms. The van der Waals surface area contributed by atoms with Crippen molar-refractivity contribution in [1.82, 2.24) is 5.32 Å². The quantitative estimate of drug-likeness (QED) is 0.646. The highest BCUT2D eigenvalue weighted by molar-refractivity contribution is 5.80. The lowest BCUT2D eigenvalue weighted by atomic mass is 10.0. The number of carbonyl (C=O) groups is 1. The van der Waals surface area contributed by atoms with Gasteiger partial charge in [-0.05, 0) is 55.5 Å². The van der Waals surface area contributed by atoms with E-state index in [-0.39, 0.29) is 5.91 Å². The average molecular weight is 359 g/mol. The van der Waals surface area contributed by atoms with Crippen molar-refractivity contribution in [1.29, 1.82) is 0 Å². The van der Waals surface area contributed by atoms with Crippen LogP contribution >= 0.6 is 0 Å². The molecule has 5 heteroatoms. The van der Waals surface area contributed by atoms with E-state index in [0.29, 0.717) is 25.7 Å².